The zero-order chi connectivity index (χ0) is 27.8. The van der Waals surface area contributed by atoms with Gasteiger partial charge in [0.25, 0.3) is 0 Å². The molecule has 0 heterocycles. The van der Waals surface area contributed by atoms with E-state index in [1.54, 1.807) is 12.1 Å². The zero-order valence-corrected chi connectivity index (χ0v) is 23.8. The van der Waals surface area contributed by atoms with E-state index < -0.39 is 29.0 Å². The summed E-state index contributed by atoms with van der Waals surface area (Å²) in [7, 11) is 0. The molecule has 0 radical (unpaired) electrons. The van der Waals surface area contributed by atoms with Crippen LogP contribution < -0.4 is 6.64 Å². The van der Waals surface area contributed by atoms with E-state index in [1.165, 1.54) is 5.94 Å². The monoisotopic (exact) mass is 546 g/mol. The second-order valence-corrected chi connectivity index (χ2v) is 12.2. The van der Waals surface area contributed by atoms with E-state index in [0.717, 1.165) is 22.3 Å². The van der Waals surface area contributed by atoms with Gasteiger partial charge in [-0.25, -0.2) is 4.79 Å². The summed E-state index contributed by atoms with van der Waals surface area (Å²) in [6, 6.07) is 35.1. The molecule has 0 spiro atoms. The molecule has 0 bridgehead atoms. The van der Waals surface area contributed by atoms with Gasteiger partial charge in [0, 0.05) is 0 Å². The first-order valence-electron chi connectivity index (χ1n) is 12.3. The summed E-state index contributed by atoms with van der Waals surface area (Å²) in [5, 5.41) is 0. The predicted octanol–water partition coefficient (Wildman–Crippen LogP) is 6.60. The van der Waals surface area contributed by atoms with E-state index in [1.807, 2.05) is 72.8 Å². The Hall–Kier alpha value is -3.44. The Bertz CT molecular complexity index is 1260. The summed E-state index contributed by atoms with van der Waals surface area (Å²) >= 11 is -5.21. The van der Waals surface area contributed by atoms with Crippen LogP contribution in [-0.4, -0.2) is 13.3 Å². The van der Waals surface area contributed by atoms with E-state index in [9.17, 15) is 7.38 Å². The van der Waals surface area contributed by atoms with Crippen LogP contribution in [0.3, 0.4) is 0 Å². The van der Waals surface area contributed by atoms with Gasteiger partial charge >= 0.3 is 214 Å². The van der Waals surface area contributed by atoms with Crippen LogP contribution in [-0.2, 0) is 33.8 Å². The molecule has 0 amide bonds. The fourth-order valence-electron chi connectivity index (χ4n) is 4.47. The first kappa shape index (κ1) is 29.1. The van der Waals surface area contributed by atoms with Crippen LogP contribution in [0.1, 0.15) is 49.9 Å². The summed E-state index contributed by atoms with van der Waals surface area (Å²) in [6.07, 6.45) is 0. The fraction of sp³-hybridized carbons (Fsp3) is 0.188. The van der Waals surface area contributed by atoms with Crippen LogP contribution in [0, 0.1) is 0 Å². The van der Waals surface area contributed by atoms with Crippen LogP contribution in [0.4, 0.5) is 0 Å². The van der Waals surface area contributed by atoms with Gasteiger partial charge in [0.2, 0.25) is 0 Å². The number of benzene rings is 4. The fourth-order valence-corrected chi connectivity index (χ4v) is 5.99. The summed E-state index contributed by atoms with van der Waals surface area (Å²) in [4.78, 5) is 8.57. The van der Waals surface area contributed by atoms with Gasteiger partial charge in [0.15, 0.2) is 0 Å². The van der Waals surface area contributed by atoms with Crippen molar-refractivity contribution in [1.82, 2.24) is 0 Å². The molecule has 0 aliphatic heterocycles. The average molecular weight is 546 g/mol. The quantitative estimate of drug-likeness (QED) is 0.192. The van der Waals surface area contributed by atoms with Crippen molar-refractivity contribution in [3.63, 3.8) is 0 Å². The predicted molar refractivity (Wildman–Crippen MR) is 147 cm³/mol. The number of hydrogen-bond donors (Lipinski definition) is 2. The van der Waals surface area contributed by atoms with Crippen molar-refractivity contribution in [1.29, 1.82) is 0 Å². The summed E-state index contributed by atoms with van der Waals surface area (Å²) in [5.74, 6) is 2.07. The molecular formula is C32H34O5Ti. The van der Waals surface area contributed by atoms with Crippen LogP contribution in [0.5, 0.6) is 11.5 Å². The Kier molecular flexibility index (Phi) is 9.51. The molecule has 0 fully saturated rings. The molecule has 0 aliphatic carbocycles. The molecule has 0 saturated heterocycles. The molecular weight excluding hydrogens is 512 g/mol. The van der Waals surface area contributed by atoms with Crippen LogP contribution in [0.2, 0.25) is 0 Å². The first-order chi connectivity index (χ1) is 18.0. The Balaban J connectivity index is 0.00000127. The van der Waals surface area contributed by atoms with Gasteiger partial charge in [-0.3, -0.25) is 0 Å². The molecule has 38 heavy (non-hydrogen) atoms. The maximum absolute atomic E-state index is 11.0. The number of rotatable bonds is 8. The Labute approximate surface area is 230 Å². The molecule has 5 nitrogen and oxygen atoms in total. The Morgan fingerprint density at radius 2 is 0.895 bits per heavy atom. The van der Waals surface area contributed by atoms with Gasteiger partial charge in [-0.15, -0.1) is 0 Å². The van der Waals surface area contributed by atoms with E-state index in [0.29, 0.717) is 11.5 Å². The van der Waals surface area contributed by atoms with Gasteiger partial charge in [0.1, 0.15) is 5.94 Å². The van der Waals surface area contributed by atoms with Crippen LogP contribution >= 0.6 is 0 Å². The molecule has 0 aromatic heterocycles. The molecule has 0 aliphatic rings. The van der Waals surface area contributed by atoms with Crippen molar-refractivity contribution in [2.45, 2.75) is 38.5 Å². The van der Waals surface area contributed by atoms with E-state index in [2.05, 4.69) is 58.5 Å². The van der Waals surface area contributed by atoms with Crippen molar-refractivity contribution in [3.05, 3.63) is 138 Å². The third-order valence-corrected chi connectivity index (χ3v) is 8.11. The summed E-state index contributed by atoms with van der Waals surface area (Å²) < 4.78 is 33.9. The molecule has 4 rings (SSSR count). The third-order valence-electron chi connectivity index (χ3n) is 6.60. The first-order valence-corrected chi connectivity index (χ1v) is 15.0. The minimum atomic E-state index is -5.21. The van der Waals surface area contributed by atoms with Crippen molar-refractivity contribution in [3.8, 4) is 11.5 Å². The molecule has 196 valence electrons. The van der Waals surface area contributed by atoms with Gasteiger partial charge in [-0.2, -0.15) is 0 Å². The third kappa shape index (κ3) is 6.90. The second-order valence-electron chi connectivity index (χ2n) is 9.87. The molecule has 0 saturated carbocycles. The van der Waals surface area contributed by atoms with Gasteiger partial charge in [-0.05, 0) is 6.58 Å². The summed E-state index contributed by atoms with van der Waals surface area (Å²) in [5.41, 5.74) is 3.07. The van der Waals surface area contributed by atoms with Gasteiger partial charge < -0.3 is 0 Å². The van der Waals surface area contributed by atoms with Crippen molar-refractivity contribution in [2.75, 3.05) is 0 Å². The zero-order valence-electron chi connectivity index (χ0n) is 22.2. The van der Waals surface area contributed by atoms with Crippen molar-refractivity contribution >= 4 is 5.94 Å². The van der Waals surface area contributed by atoms with Crippen molar-refractivity contribution < 1.29 is 36.9 Å². The Morgan fingerprint density at radius 3 is 1.24 bits per heavy atom. The van der Waals surface area contributed by atoms with Crippen molar-refractivity contribution in [2.24, 2.45) is 0 Å². The van der Waals surface area contributed by atoms with E-state index in [4.69, 9.17) is 11.4 Å². The molecule has 4 aromatic carbocycles. The van der Waals surface area contributed by atoms with Gasteiger partial charge in [0.05, 0.1) is 0 Å². The second kappa shape index (κ2) is 12.4. The maximum atomic E-state index is 11.0. The Morgan fingerprint density at radius 1 is 0.605 bits per heavy atom. The SMILES string of the molecule is C=C=O.CC(C)(c1ccccc1)c1ccccc1[O][Ti]([OH])([OH])[O]c1ccccc1C(C)(C)c1ccccc1. The van der Waals surface area contributed by atoms with E-state index >= 15 is 0 Å². The standard InChI is InChI=1S/2C15H16O.C2H2O.2H2O.Ti/c2*1-15(2,12-8-4-3-5-9-12)13-10-6-7-11-14(13)16;1-2-3;;;/h2*3-11,16H,1-2H3;1H2;2*1H2;/q;;;;;+4/p-4. The van der Waals surface area contributed by atoms with Crippen LogP contribution in [0.15, 0.2) is 116 Å². The molecule has 0 unspecified atom stereocenters. The molecule has 0 atom stereocenters. The number of carbonyl (C=O) groups excluding carboxylic acids is 1. The van der Waals surface area contributed by atoms with Gasteiger partial charge in [-0.1, -0.05) is 0 Å². The minimum absolute atomic E-state index is 0.408. The molecule has 4 aromatic rings. The average Bonchev–Trinajstić information content (AvgIpc) is 2.90. The topological polar surface area (TPSA) is 76.0 Å². The normalized spacial score (nSPS) is 11.5. The number of para-hydroxylation sites is 2. The summed E-state index contributed by atoms with van der Waals surface area (Å²) in [6.45, 7) is 11.0. The molecule has 6 heteroatoms. The number of hydrogen-bond acceptors (Lipinski definition) is 5. The van der Waals surface area contributed by atoms with E-state index in [-0.39, 0.29) is 0 Å². The molecule has 2 N–H and O–H groups in total. The van der Waals surface area contributed by atoms with Crippen LogP contribution in [0.25, 0.3) is 0 Å².